The zero-order chi connectivity index (χ0) is 17.8. The molecule has 0 bridgehead atoms. The summed E-state index contributed by atoms with van der Waals surface area (Å²) in [4.78, 5) is 12.5. The number of nitrogens with zero attached hydrogens (tertiary/aromatic N) is 3. The third-order valence-corrected chi connectivity index (χ3v) is 5.25. The van der Waals surface area contributed by atoms with Gasteiger partial charge in [-0.2, -0.15) is 0 Å². The molecule has 0 saturated carbocycles. The van der Waals surface area contributed by atoms with Crippen molar-refractivity contribution < 1.29 is 0 Å². The molecule has 1 heterocycles. The van der Waals surface area contributed by atoms with E-state index in [-0.39, 0.29) is 11.4 Å². The lowest BCUT2D eigenvalue weighted by atomic mass is 10.2. The number of aromatic nitrogens is 3. The van der Waals surface area contributed by atoms with Crippen molar-refractivity contribution in [3.05, 3.63) is 73.9 Å². The van der Waals surface area contributed by atoms with Crippen LogP contribution >= 0.6 is 39.3 Å². The van der Waals surface area contributed by atoms with Crippen LogP contribution < -0.4 is 10.9 Å². The van der Waals surface area contributed by atoms with Crippen LogP contribution in [0.1, 0.15) is 5.56 Å². The first-order valence-corrected chi connectivity index (χ1v) is 9.52. The summed E-state index contributed by atoms with van der Waals surface area (Å²) in [7, 11) is 1.68. The molecule has 1 aromatic heterocycles. The molecule has 5 nitrogen and oxygen atoms in total. The molecule has 8 heteroatoms. The summed E-state index contributed by atoms with van der Waals surface area (Å²) in [5.41, 5.74) is 1.59. The second kappa shape index (κ2) is 8.03. The van der Waals surface area contributed by atoms with E-state index in [4.69, 9.17) is 11.6 Å². The minimum Gasteiger partial charge on any atom is -0.334 e. The molecule has 3 rings (SSSR count). The molecule has 0 saturated heterocycles. The smallest absolute Gasteiger partial charge is 0.297 e. The van der Waals surface area contributed by atoms with Gasteiger partial charge in [-0.25, -0.2) is 0 Å². The number of hydrogen-bond donors (Lipinski definition) is 1. The first-order chi connectivity index (χ1) is 12.0. The zero-order valence-corrected chi connectivity index (χ0v) is 16.4. The lowest BCUT2D eigenvalue weighted by Gasteiger charge is -2.09. The molecule has 0 aliphatic carbocycles. The van der Waals surface area contributed by atoms with Crippen molar-refractivity contribution in [2.45, 2.75) is 10.9 Å². The fourth-order valence-electron chi connectivity index (χ4n) is 2.08. The van der Waals surface area contributed by atoms with E-state index in [2.05, 4.69) is 31.4 Å². The van der Waals surface area contributed by atoms with Gasteiger partial charge in [0.05, 0.1) is 0 Å². The normalized spacial score (nSPS) is 10.7. The van der Waals surface area contributed by atoms with Crippen molar-refractivity contribution >= 4 is 50.8 Å². The van der Waals surface area contributed by atoms with Gasteiger partial charge in [-0.15, -0.1) is 10.2 Å². The number of thioether (sulfide) groups is 1. The lowest BCUT2D eigenvalue weighted by molar-refractivity contribution is 0.666. The van der Waals surface area contributed by atoms with Gasteiger partial charge in [0, 0.05) is 28.0 Å². The Morgan fingerprint density at radius 3 is 2.68 bits per heavy atom. The average Bonchev–Trinajstić information content (AvgIpc) is 2.60. The highest BCUT2D eigenvalue weighted by Crippen LogP contribution is 2.21. The van der Waals surface area contributed by atoms with Crippen molar-refractivity contribution in [3.8, 4) is 0 Å². The highest BCUT2D eigenvalue weighted by molar-refractivity contribution is 9.10. The van der Waals surface area contributed by atoms with E-state index in [1.54, 1.807) is 25.2 Å². The van der Waals surface area contributed by atoms with Crippen molar-refractivity contribution in [1.82, 2.24) is 14.8 Å². The van der Waals surface area contributed by atoms with E-state index in [0.717, 1.165) is 10.0 Å². The Morgan fingerprint density at radius 2 is 1.96 bits per heavy atom. The largest absolute Gasteiger partial charge is 0.334 e. The molecule has 2 aromatic carbocycles. The third-order valence-electron chi connectivity index (χ3n) is 3.40. The second-order valence-electron chi connectivity index (χ2n) is 5.25. The summed E-state index contributed by atoms with van der Waals surface area (Å²) in [5, 5.41) is 12.3. The Kier molecular flexibility index (Phi) is 5.78. The highest BCUT2D eigenvalue weighted by Gasteiger charge is 2.10. The van der Waals surface area contributed by atoms with Crippen LogP contribution in [-0.2, 0) is 12.8 Å². The quantitative estimate of drug-likeness (QED) is 0.590. The second-order valence-corrected chi connectivity index (χ2v) is 7.54. The minimum atomic E-state index is -0.242. The maximum absolute atomic E-state index is 12.5. The first-order valence-electron chi connectivity index (χ1n) is 7.36. The molecule has 3 aromatic rings. The van der Waals surface area contributed by atoms with E-state index in [9.17, 15) is 4.79 Å². The molecule has 128 valence electrons. The third kappa shape index (κ3) is 4.62. The van der Waals surface area contributed by atoms with Gasteiger partial charge in [0.1, 0.15) is 0 Å². The van der Waals surface area contributed by atoms with Crippen LogP contribution in [0.25, 0.3) is 0 Å². The fraction of sp³-hybridized carbons (Fsp3) is 0.118. The number of hydrogen-bond acceptors (Lipinski definition) is 5. The summed E-state index contributed by atoms with van der Waals surface area (Å²) in [6.07, 6.45) is 0. The predicted molar refractivity (Wildman–Crippen MR) is 106 cm³/mol. The van der Waals surface area contributed by atoms with Crippen LogP contribution in [0.4, 0.5) is 11.5 Å². The van der Waals surface area contributed by atoms with Gasteiger partial charge in [0.15, 0.2) is 5.16 Å². The molecular formula is C17H14BrClN4OS. The number of rotatable bonds is 5. The Bertz CT molecular complexity index is 946. The summed E-state index contributed by atoms with van der Waals surface area (Å²) in [6, 6.07) is 15.1. The van der Waals surface area contributed by atoms with E-state index in [1.165, 1.54) is 16.3 Å². The topological polar surface area (TPSA) is 59.8 Å². The number of anilines is 2. The lowest BCUT2D eigenvalue weighted by Crippen LogP contribution is -2.24. The van der Waals surface area contributed by atoms with Gasteiger partial charge in [0.25, 0.3) is 5.56 Å². The van der Waals surface area contributed by atoms with E-state index in [0.29, 0.717) is 21.6 Å². The van der Waals surface area contributed by atoms with Crippen molar-refractivity contribution in [2.75, 3.05) is 5.32 Å². The molecule has 0 spiro atoms. The molecule has 25 heavy (non-hydrogen) atoms. The van der Waals surface area contributed by atoms with Crippen LogP contribution in [0, 0.1) is 0 Å². The van der Waals surface area contributed by atoms with Crippen LogP contribution in [0.5, 0.6) is 0 Å². The van der Waals surface area contributed by atoms with Crippen molar-refractivity contribution in [1.29, 1.82) is 0 Å². The van der Waals surface area contributed by atoms with Gasteiger partial charge in [0.2, 0.25) is 5.82 Å². The molecule has 0 unspecified atom stereocenters. The fourth-order valence-corrected chi connectivity index (χ4v) is 3.40. The van der Waals surface area contributed by atoms with Crippen molar-refractivity contribution in [3.63, 3.8) is 0 Å². The number of nitrogens with one attached hydrogen (secondary N) is 1. The Labute approximate surface area is 162 Å². The highest BCUT2D eigenvalue weighted by atomic mass is 79.9. The summed E-state index contributed by atoms with van der Waals surface area (Å²) in [5.74, 6) is 0.869. The van der Waals surface area contributed by atoms with Gasteiger partial charge >= 0.3 is 0 Å². The number of benzene rings is 2. The number of halogens is 2. The molecular weight excluding hydrogens is 424 g/mol. The Morgan fingerprint density at radius 1 is 1.20 bits per heavy atom. The predicted octanol–water partition coefficient (Wildman–Crippen LogP) is 4.63. The van der Waals surface area contributed by atoms with Crippen molar-refractivity contribution in [2.24, 2.45) is 7.05 Å². The van der Waals surface area contributed by atoms with Crippen LogP contribution in [0.15, 0.2) is 63.0 Å². The molecule has 0 radical (unpaired) electrons. The Balaban J connectivity index is 1.75. The van der Waals surface area contributed by atoms with E-state index in [1.807, 2.05) is 30.3 Å². The van der Waals surface area contributed by atoms with Crippen LogP contribution in [0.3, 0.4) is 0 Å². The maximum Gasteiger partial charge on any atom is 0.297 e. The van der Waals surface area contributed by atoms with Crippen LogP contribution in [-0.4, -0.2) is 14.8 Å². The molecule has 0 amide bonds. The zero-order valence-electron chi connectivity index (χ0n) is 13.2. The van der Waals surface area contributed by atoms with E-state index < -0.39 is 0 Å². The molecule has 0 aliphatic rings. The molecule has 0 aliphatic heterocycles. The molecule has 0 fully saturated rings. The van der Waals surface area contributed by atoms with E-state index >= 15 is 0 Å². The monoisotopic (exact) mass is 436 g/mol. The van der Waals surface area contributed by atoms with Gasteiger partial charge in [-0.3, -0.25) is 9.36 Å². The first kappa shape index (κ1) is 18.0. The maximum atomic E-state index is 12.5. The standard InChI is InChI=1S/C17H14BrClN4OS/c1-23-16(24)15(20-14-4-2-3-13(19)9-14)21-22-17(23)25-10-11-5-7-12(18)8-6-11/h2-9H,10H2,1H3,(H,20,21). The molecule has 0 atom stereocenters. The minimum absolute atomic E-state index is 0.165. The van der Waals surface area contributed by atoms with Gasteiger partial charge < -0.3 is 5.32 Å². The SMILES string of the molecule is Cn1c(SCc2ccc(Br)cc2)nnc(Nc2cccc(Cl)c2)c1=O. The summed E-state index contributed by atoms with van der Waals surface area (Å²) >= 11 is 10.8. The molecule has 1 N–H and O–H groups in total. The summed E-state index contributed by atoms with van der Waals surface area (Å²) in [6.45, 7) is 0. The average molecular weight is 438 g/mol. The summed E-state index contributed by atoms with van der Waals surface area (Å²) < 4.78 is 2.52. The van der Waals surface area contributed by atoms with Gasteiger partial charge in [-0.1, -0.05) is 57.5 Å². The van der Waals surface area contributed by atoms with Gasteiger partial charge in [-0.05, 0) is 35.9 Å². The Hall–Kier alpha value is -1.83. The van der Waals surface area contributed by atoms with Crippen LogP contribution in [0.2, 0.25) is 5.02 Å².